The fourth-order valence-electron chi connectivity index (χ4n) is 3.22. The topological polar surface area (TPSA) is 84.2 Å². The molecule has 1 saturated heterocycles. The molecule has 1 aliphatic carbocycles. The molecule has 0 spiro atoms. The van der Waals surface area contributed by atoms with Crippen LogP contribution in [0.25, 0.3) is 0 Å². The molecule has 8 heteroatoms. The van der Waals surface area contributed by atoms with Gasteiger partial charge in [0, 0.05) is 18.7 Å². The number of likely N-dealkylation sites (tertiary alicyclic amines) is 1. The zero-order valence-corrected chi connectivity index (χ0v) is 15.3. The van der Waals surface area contributed by atoms with Crippen molar-refractivity contribution in [2.24, 2.45) is 5.92 Å². The molecule has 0 radical (unpaired) electrons. The van der Waals surface area contributed by atoms with Crippen LogP contribution in [-0.2, 0) is 6.54 Å². The van der Waals surface area contributed by atoms with Crippen LogP contribution in [-0.4, -0.2) is 45.6 Å². The first-order valence-electron chi connectivity index (χ1n) is 9.12. The van der Waals surface area contributed by atoms with Crippen LogP contribution < -0.4 is 5.32 Å². The van der Waals surface area contributed by atoms with E-state index in [1.54, 1.807) is 12.1 Å². The highest BCUT2D eigenvalue weighted by Gasteiger charge is 2.29. The molecule has 2 aromatic heterocycles. The van der Waals surface area contributed by atoms with Crippen molar-refractivity contribution in [3.05, 3.63) is 40.8 Å². The second kappa shape index (κ2) is 7.72. The second-order valence-corrected chi connectivity index (χ2v) is 7.55. The maximum Gasteiger partial charge on any atom is 0.269 e. The predicted molar refractivity (Wildman–Crippen MR) is 95.9 cm³/mol. The Labute approximate surface area is 157 Å². The number of amides is 1. The fraction of sp³-hybridized carbons (Fsp3) is 0.556. The first-order valence-corrected chi connectivity index (χ1v) is 9.50. The van der Waals surface area contributed by atoms with Crippen LogP contribution in [0, 0.1) is 5.92 Å². The molecule has 2 aromatic rings. The van der Waals surface area contributed by atoms with Crippen molar-refractivity contribution in [1.82, 2.24) is 25.3 Å². The Bertz CT molecular complexity index is 751. The monoisotopic (exact) mass is 375 g/mol. The standard InChI is InChI=1S/C18H22ClN5O2/c19-14-3-4-15(20-10-14)18(25)21-9-12-5-7-24(8-6-12)11-16-22-17(23-26-16)13-1-2-13/h3-4,10,12-13H,1-2,5-9,11H2,(H,21,25). The van der Waals surface area contributed by atoms with E-state index in [9.17, 15) is 4.79 Å². The van der Waals surface area contributed by atoms with Gasteiger partial charge in [-0.25, -0.2) is 4.98 Å². The number of piperidine rings is 1. The first-order chi connectivity index (χ1) is 12.7. The highest BCUT2D eigenvalue weighted by atomic mass is 35.5. The van der Waals surface area contributed by atoms with Crippen LogP contribution in [0.3, 0.4) is 0 Å². The highest BCUT2D eigenvalue weighted by Crippen LogP contribution is 2.38. The highest BCUT2D eigenvalue weighted by molar-refractivity contribution is 6.30. The Kier molecular flexibility index (Phi) is 5.17. The first kappa shape index (κ1) is 17.4. The van der Waals surface area contributed by atoms with Gasteiger partial charge in [-0.05, 0) is 56.8 Å². The minimum absolute atomic E-state index is 0.150. The summed E-state index contributed by atoms with van der Waals surface area (Å²) in [6, 6.07) is 3.31. The summed E-state index contributed by atoms with van der Waals surface area (Å²) in [4.78, 5) is 23.0. The number of carbonyl (C=O) groups excluding carboxylic acids is 1. The van der Waals surface area contributed by atoms with E-state index in [0.29, 0.717) is 41.5 Å². The molecule has 1 N–H and O–H groups in total. The zero-order valence-electron chi connectivity index (χ0n) is 14.5. The van der Waals surface area contributed by atoms with E-state index < -0.39 is 0 Å². The van der Waals surface area contributed by atoms with Crippen molar-refractivity contribution in [3.8, 4) is 0 Å². The van der Waals surface area contributed by atoms with Crippen molar-refractivity contribution < 1.29 is 9.32 Å². The molecule has 7 nitrogen and oxygen atoms in total. The van der Waals surface area contributed by atoms with E-state index in [1.807, 2.05) is 0 Å². The lowest BCUT2D eigenvalue weighted by atomic mass is 9.97. The summed E-state index contributed by atoms with van der Waals surface area (Å²) in [6.45, 7) is 3.33. The van der Waals surface area contributed by atoms with E-state index in [1.165, 1.54) is 19.0 Å². The molecule has 0 unspecified atom stereocenters. The van der Waals surface area contributed by atoms with Gasteiger partial charge < -0.3 is 9.84 Å². The number of carbonyl (C=O) groups is 1. The van der Waals surface area contributed by atoms with Crippen molar-refractivity contribution in [3.63, 3.8) is 0 Å². The lowest BCUT2D eigenvalue weighted by Crippen LogP contribution is -2.38. The summed E-state index contributed by atoms with van der Waals surface area (Å²) in [7, 11) is 0. The van der Waals surface area contributed by atoms with Gasteiger partial charge in [-0.15, -0.1) is 0 Å². The van der Waals surface area contributed by atoms with Crippen LogP contribution in [0.4, 0.5) is 0 Å². The van der Waals surface area contributed by atoms with Crippen molar-refractivity contribution in [2.45, 2.75) is 38.1 Å². The van der Waals surface area contributed by atoms with Gasteiger partial charge in [0.15, 0.2) is 5.82 Å². The van der Waals surface area contributed by atoms with E-state index in [0.717, 1.165) is 31.8 Å². The van der Waals surface area contributed by atoms with E-state index in [2.05, 4.69) is 25.3 Å². The average Bonchev–Trinajstić information content (AvgIpc) is 3.41. The number of pyridine rings is 1. The minimum atomic E-state index is -0.150. The number of nitrogens with zero attached hydrogens (tertiary/aromatic N) is 4. The van der Waals surface area contributed by atoms with Crippen molar-refractivity contribution >= 4 is 17.5 Å². The van der Waals surface area contributed by atoms with Gasteiger partial charge in [0.25, 0.3) is 5.91 Å². The Hall–Kier alpha value is -1.99. The molecule has 0 aromatic carbocycles. The molecular weight excluding hydrogens is 354 g/mol. The lowest BCUT2D eigenvalue weighted by molar-refractivity contribution is 0.0928. The van der Waals surface area contributed by atoms with Gasteiger partial charge in [-0.1, -0.05) is 16.8 Å². The molecule has 138 valence electrons. The third kappa shape index (κ3) is 4.40. The zero-order chi connectivity index (χ0) is 17.9. The maximum absolute atomic E-state index is 12.1. The van der Waals surface area contributed by atoms with Crippen LogP contribution in [0.1, 0.15) is 53.8 Å². The normalized spacial score (nSPS) is 18.8. The summed E-state index contributed by atoms with van der Waals surface area (Å²) in [5, 5.41) is 7.57. The third-order valence-electron chi connectivity index (χ3n) is 5.00. The van der Waals surface area contributed by atoms with Gasteiger partial charge in [-0.2, -0.15) is 4.98 Å². The van der Waals surface area contributed by atoms with Crippen LogP contribution in [0.2, 0.25) is 5.02 Å². The van der Waals surface area contributed by atoms with Gasteiger partial charge in [0.05, 0.1) is 11.6 Å². The average molecular weight is 376 g/mol. The SMILES string of the molecule is O=C(NCC1CCN(Cc2nc(C3CC3)no2)CC1)c1ccc(Cl)cn1. The van der Waals surface area contributed by atoms with Crippen molar-refractivity contribution in [2.75, 3.05) is 19.6 Å². The number of aromatic nitrogens is 3. The molecule has 1 amide bonds. The number of rotatable bonds is 6. The summed E-state index contributed by atoms with van der Waals surface area (Å²) in [6.07, 6.45) is 5.93. The quantitative estimate of drug-likeness (QED) is 0.835. The Balaban J connectivity index is 1.19. The predicted octanol–water partition coefficient (Wildman–Crippen LogP) is 2.64. The summed E-state index contributed by atoms with van der Waals surface area (Å²) < 4.78 is 5.36. The van der Waals surface area contributed by atoms with Gasteiger partial charge >= 0.3 is 0 Å². The van der Waals surface area contributed by atoms with E-state index in [-0.39, 0.29) is 5.91 Å². The number of hydrogen-bond donors (Lipinski definition) is 1. The molecule has 1 saturated carbocycles. The van der Waals surface area contributed by atoms with Gasteiger partial charge in [0.1, 0.15) is 5.69 Å². The number of nitrogens with one attached hydrogen (secondary N) is 1. The molecule has 3 heterocycles. The van der Waals surface area contributed by atoms with Crippen LogP contribution in [0.5, 0.6) is 0 Å². The van der Waals surface area contributed by atoms with Crippen LogP contribution in [0.15, 0.2) is 22.9 Å². The summed E-state index contributed by atoms with van der Waals surface area (Å²) in [5.41, 5.74) is 0.398. The molecule has 1 aliphatic heterocycles. The van der Waals surface area contributed by atoms with E-state index in [4.69, 9.17) is 16.1 Å². The summed E-state index contributed by atoms with van der Waals surface area (Å²) in [5.74, 6) is 2.44. The fourth-order valence-corrected chi connectivity index (χ4v) is 3.33. The summed E-state index contributed by atoms with van der Waals surface area (Å²) >= 11 is 5.79. The lowest BCUT2D eigenvalue weighted by Gasteiger charge is -2.30. The number of halogens is 1. The van der Waals surface area contributed by atoms with Gasteiger partial charge in [-0.3, -0.25) is 9.69 Å². The second-order valence-electron chi connectivity index (χ2n) is 7.11. The van der Waals surface area contributed by atoms with E-state index >= 15 is 0 Å². The molecule has 2 aliphatic rings. The molecule has 26 heavy (non-hydrogen) atoms. The molecule has 0 bridgehead atoms. The minimum Gasteiger partial charge on any atom is -0.350 e. The Morgan fingerprint density at radius 3 is 2.77 bits per heavy atom. The smallest absolute Gasteiger partial charge is 0.269 e. The molecule has 2 fully saturated rings. The maximum atomic E-state index is 12.1. The van der Waals surface area contributed by atoms with Crippen LogP contribution >= 0.6 is 11.6 Å². The number of hydrogen-bond acceptors (Lipinski definition) is 6. The molecular formula is C18H22ClN5O2. The largest absolute Gasteiger partial charge is 0.350 e. The molecule has 4 rings (SSSR count). The third-order valence-corrected chi connectivity index (χ3v) is 5.23. The Morgan fingerprint density at radius 2 is 2.08 bits per heavy atom. The molecule has 0 atom stereocenters. The van der Waals surface area contributed by atoms with Gasteiger partial charge in [0.2, 0.25) is 5.89 Å². The van der Waals surface area contributed by atoms with Crippen molar-refractivity contribution in [1.29, 1.82) is 0 Å². The Morgan fingerprint density at radius 1 is 1.27 bits per heavy atom.